The number of carbonyl (C=O) groups excluding carboxylic acids is 2. The smallest absolute Gasteiger partial charge is 0.340 e. The fraction of sp³-hybridized carbons (Fsp3) is 0.188. The molecule has 1 heterocycles. The van der Waals surface area contributed by atoms with Gasteiger partial charge in [-0.25, -0.2) is 18.6 Å². The summed E-state index contributed by atoms with van der Waals surface area (Å²) in [6.07, 6.45) is 0. The first-order valence-corrected chi connectivity index (χ1v) is 7.18. The second-order valence-corrected chi connectivity index (χ2v) is 5.28. The second-order valence-electron chi connectivity index (χ2n) is 4.87. The number of hydrogen-bond acceptors (Lipinski definition) is 4. The molecule has 1 aromatic carbocycles. The van der Waals surface area contributed by atoms with Gasteiger partial charge in [-0.1, -0.05) is 11.6 Å². The summed E-state index contributed by atoms with van der Waals surface area (Å²) in [6, 6.07) is 4.06. The highest BCUT2D eigenvalue weighted by Crippen LogP contribution is 2.28. The van der Waals surface area contributed by atoms with Crippen LogP contribution in [-0.4, -0.2) is 24.0 Å². The normalized spacial score (nSPS) is 10.4. The zero-order valence-electron chi connectivity index (χ0n) is 12.8. The van der Waals surface area contributed by atoms with Gasteiger partial charge in [0.1, 0.15) is 11.6 Å². The van der Waals surface area contributed by atoms with Crippen molar-refractivity contribution in [3.8, 4) is 11.3 Å². The van der Waals surface area contributed by atoms with Crippen LogP contribution in [0.25, 0.3) is 11.3 Å². The molecule has 0 atom stereocenters. The number of nitrogens with zero attached hydrogens (tertiary/aromatic N) is 1. The van der Waals surface area contributed by atoms with Crippen molar-refractivity contribution in [2.24, 2.45) is 0 Å². The van der Waals surface area contributed by atoms with Crippen LogP contribution in [0.5, 0.6) is 0 Å². The molecule has 2 rings (SSSR count). The van der Waals surface area contributed by atoms with Crippen molar-refractivity contribution in [3.63, 3.8) is 0 Å². The number of rotatable bonds is 4. The molecule has 1 N–H and O–H groups in total. The Morgan fingerprint density at radius 3 is 2.38 bits per heavy atom. The van der Waals surface area contributed by atoms with Crippen molar-refractivity contribution in [2.75, 3.05) is 7.11 Å². The van der Waals surface area contributed by atoms with E-state index in [9.17, 15) is 18.4 Å². The molecule has 0 spiro atoms. The average molecular weight is 355 g/mol. The number of amides is 1. The van der Waals surface area contributed by atoms with Crippen molar-refractivity contribution in [1.29, 1.82) is 0 Å². The highest BCUT2D eigenvalue weighted by Gasteiger charge is 2.19. The number of methoxy groups -OCH3 is 1. The van der Waals surface area contributed by atoms with Gasteiger partial charge in [0.25, 0.3) is 0 Å². The Bertz CT molecular complexity index is 792. The maximum Gasteiger partial charge on any atom is 0.340 e. The van der Waals surface area contributed by atoms with E-state index in [1.165, 1.54) is 13.0 Å². The third-order valence-corrected chi connectivity index (χ3v) is 3.42. The molecule has 0 saturated carbocycles. The molecule has 0 bridgehead atoms. The minimum Gasteiger partial charge on any atom is -0.465 e. The summed E-state index contributed by atoms with van der Waals surface area (Å²) < 4.78 is 31.6. The van der Waals surface area contributed by atoms with Crippen LogP contribution in [0.2, 0.25) is 5.02 Å². The lowest BCUT2D eigenvalue weighted by molar-refractivity contribution is -0.119. The maximum absolute atomic E-state index is 13.5. The average Bonchev–Trinajstić information content (AvgIpc) is 2.51. The Kier molecular flexibility index (Phi) is 5.46. The molecule has 0 radical (unpaired) electrons. The number of hydrogen-bond donors (Lipinski definition) is 1. The largest absolute Gasteiger partial charge is 0.465 e. The van der Waals surface area contributed by atoms with E-state index in [0.717, 1.165) is 19.2 Å². The van der Waals surface area contributed by atoms with Crippen molar-refractivity contribution in [1.82, 2.24) is 10.3 Å². The van der Waals surface area contributed by atoms with Crippen LogP contribution < -0.4 is 5.32 Å². The summed E-state index contributed by atoms with van der Waals surface area (Å²) in [4.78, 5) is 27.2. The van der Waals surface area contributed by atoms with Crippen molar-refractivity contribution < 1.29 is 23.1 Å². The standard InChI is InChI=1S/C16H13ClF2N2O3/c1-8(22)20-7-14-13(17)6-12(16(23)24-2)15(21-14)9-3-10(18)5-11(19)4-9/h3-6H,7H2,1-2H3,(H,20,22). The molecular formula is C16H13ClF2N2O3. The molecule has 1 amide bonds. The van der Waals surface area contributed by atoms with Gasteiger partial charge in [-0.05, 0) is 18.2 Å². The lowest BCUT2D eigenvalue weighted by atomic mass is 10.0. The number of pyridine rings is 1. The third-order valence-electron chi connectivity index (χ3n) is 3.09. The van der Waals surface area contributed by atoms with Gasteiger partial charge < -0.3 is 10.1 Å². The molecule has 8 heteroatoms. The summed E-state index contributed by atoms with van der Waals surface area (Å²) in [5.74, 6) is -2.69. The first-order chi connectivity index (χ1) is 11.3. The fourth-order valence-corrected chi connectivity index (χ4v) is 2.25. The van der Waals surface area contributed by atoms with Gasteiger partial charge in [0.15, 0.2) is 0 Å². The number of carbonyl (C=O) groups is 2. The Hall–Kier alpha value is -2.54. The number of nitrogens with one attached hydrogen (secondary N) is 1. The molecule has 126 valence electrons. The Labute approximate surface area is 141 Å². The molecule has 0 saturated heterocycles. The van der Waals surface area contributed by atoms with E-state index in [1.807, 2.05) is 0 Å². The third kappa shape index (κ3) is 4.05. The van der Waals surface area contributed by atoms with E-state index in [4.69, 9.17) is 11.6 Å². The predicted octanol–water partition coefficient (Wildman–Crippen LogP) is 3.10. The summed E-state index contributed by atoms with van der Waals surface area (Å²) in [7, 11) is 1.16. The molecule has 2 aromatic rings. The van der Waals surface area contributed by atoms with Gasteiger partial charge in [-0.15, -0.1) is 0 Å². The number of benzene rings is 1. The minimum absolute atomic E-state index is 0.000414. The van der Waals surface area contributed by atoms with E-state index in [-0.39, 0.29) is 40.0 Å². The minimum atomic E-state index is -0.819. The van der Waals surface area contributed by atoms with Gasteiger partial charge in [0.05, 0.1) is 35.6 Å². The zero-order chi connectivity index (χ0) is 17.9. The highest BCUT2D eigenvalue weighted by molar-refractivity contribution is 6.31. The molecule has 0 aliphatic carbocycles. The number of halogens is 3. The van der Waals surface area contributed by atoms with Gasteiger partial charge in [0, 0.05) is 18.6 Å². The van der Waals surface area contributed by atoms with Crippen LogP contribution in [0.15, 0.2) is 24.3 Å². The van der Waals surface area contributed by atoms with Crippen LogP contribution in [0.3, 0.4) is 0 Å². The van der Waals surface area contributed by atoms with Crippen molar-refractivity contribution in [2.45, 2.75) is 13.5 Å². The summed E-state index contributed by atoms with van der Waals surface area (Å²) in [6.45, 7) is 1.32. The van der Waals surface area contributed by atoms with Crippen molar-refractivity contribution in [3.05, 3.63) is 52.2 Å². The summed E-state index contributed by atoms with van der Waals surface area (Å²) >= 11 is 6.07. The highest BCUT2D eigenvalue weighted by atomic mass is 35.5. The van der Waals surface area contributed by atoms with Crippen LogP contribution in [-0.2, 0) is 16.1 Å². The van der Waals surface area contributed by atoms with E-state index < -0.39 is 17.6 Å². The lowest BCUT2D eigenvalue weighted by Crippen LogP contribution is -2.20. The first-order valence-electron chi connectivity index (χ1n) is 6.80. The van der Waals surface area contributed by atoms with Crippen molar-refractivity contribution >= 4 is 23.5 Å². The second kappa shape index (κ2) is 7.35. The summed E-state index contributed by atoms with van der Waals surface area (Å²) in [5.41, 5.74) is 0.261. The Morgan fingerprint density at radius 1 is 1.21 bits per heavy atom. The lowest BCUT2D eigenvalue weighted by Gasteiger charge is -2.12. The molecule has 1 aromatic heterocycles. The monoisotopic (exact) mass is 354 g/mol. The van der Waals surface area contributed by atoms with Gasteiger partial charge in [-0.2, -0.15) is 0 Å². The van der Waals surface area contributed by atoms with E-state index in [1.54, 1.807) is 0 Å². The predicted molar refractivity (Wildman–Crippen MR) is 83.5 cm³/mol. The van der Waals surface area contributed by atoms with E-state index in [0.29, 0.717) is 6.07 Å². The van der Waals surface area contributed by atoms with Crippen LogP contribution in [0.4, 0.5) is 8.78 Å². The zero-order valence-corrected chi connectivity index (χ0v) is 13.6. The molecule has 24 heavy (non-hydrogen) atoms. The first kappa shape index (κ1) is 17.8. The molecule has 0 unspecified atom stereocenters. The van der Waals surface area contributed by atoms with E-state index >= 15 is 0 Å². The number of aromatic nitrogens is 1. The number of esters is 1. The molecular weight excluding hydrogens is 342 g/mol. The van der Waals surface area contributed by atoms with Gasteiger partial charge >= 0.3 is 5.97 Å². The van der Waals surface area contributed by atoms with Gasteiger partial charge in [0.2, 0.25) is 5.91 Å². The Balaban J connectivity index is 2.62. The van der Waals surface area contributed by atoms with E-state index in [2.05, 4.69) is 15.0 Å². The molecule has 5 nitrogen and oxygen atoms in total. The maximum atomic E-state index is 13.5. The molecule has 0 aliphatic heterocycles. The quantitative estimate of drug-likeness (QED) is 0.857. The number of ether oxygens (including phenoxy) is 1. The van der Waals surface area contributed by atoms with Crippen LogP contribution >= 0.6 is 11.6 Å². The topological polar surface area (TPSA) is 68.3 Å². The summed E-state index contributed by atoms with van der Waals surface area (Å²) in [5, 5.41) is 2.63. The molecule has 0 fully saturated rings. The Morgan fingerprint density at radius 2 is 1.83 bits per heavy atom. The van der Waals surface area contributed by atoms with Gasteiger partial charge in [-0.3, -0.25) is 4.79 Å². The van der Waals surface area contributed by atoms with Crippen LogP contribution in [0, 0.1) is 11.6 Å². The van der Waals surface area contributed by atoms with Crippen LogP contribution in [0.1, 0.15) is 23.0 Å². The SMILES string of the molecule is COC(=O)c1cc(Cl)c(CNC(C)=O)nc1-c1cc(F)cc(F)c1. The fourth-order valence-electron chi connectivity index (χ4n) is 2.04. The molecule has 0 aliphatic rings.